The lowest BCUT2D eigenvalue weighted by Gasteiger charge is -2.33. The summed E-state index contributed by atoms with van der Waals surface area (Å²) in [5.41, 5.74) is 0. The summed E-state index contributed by atoms with van der Waals surface area (Å²) in [6.45, 7) is 6.85. The quantitative estimate of drug-likeness (QED) is 0.824. The minimum Gasteiger partial charge on any atom is -0.339 e. The van der Waals surface area contributed by atoms with E-state index in [1.807, 2.05) is 11.2 Å². The zero-order valence-corrected chi connectivity index (χ0v) is 11.3. The van der Waals surface area contributed by atoms with Crippen molar-refractivity contribution in [2.24, 2.45) is 0 Å². The summed E-state index contributed by atoms with van der Waals surface area (Å²) in [5, 5.41) is 3.49. The first kappa shape index (κ1) is 15.1. The van der Waals surface area contributed by atoms with Gasteiger partial charge in [0.25, 0.3) is 0 Å². The van der Waals surface area contributed by atoms with Gasteiger partial charge in [-0.2, -0.15) is 11.8 Å². The van der Waals surface area contributed by atoms with Crippen LogP contribution in [0, 0.1) is 0 Å². The lowest BCUT2D eigenvalue weighted by Crippen LogP contribution is -2.53. The molecule has 1 rings (SSSR count). The van der Waals surface area contributed by atoms with Crippen LogP contribution in [0.1, 0.15) is 20.3 Å². The van der Waals surface area contributed by atoms with Crippen molar-refractivity contribution in [3.05, 3.63) is 0 Å². The Labute approximate surface area is 103 Å². The van der Waals surface area contributed by atoms with E-state index in [9.17, 15) is 4.79 Å². The number of nitrogens with zero attached hydrogens (tertiary/aromatic N) is 1. The molecule has 2 atom stereocenters. The van der Waals surface area contributed by atoms with Gasteiger partial charge in [0.05, 0.1) is 5.25 Å². The maximum Gasteiger partial charge on any atom is 0.235 e. The normalized spacial score (nSPS) is 23.1. The van der Waals surface area contributed by atoms with Gasteiger partial charge in [-0.1, -0.05) is 6.92 Å². The van der Waals surface area contributed by atoms with Crippen LogP contribution in [-0.2, 0) is 4.79 Å². The van der Waals surface area contributed by atoms with E-state index in [-0.39, 0.29) is 17.7 Å². The fraction of sp³-hybridized carbons (Fsp3) is 0.900. The standard InChI is InChI=1S/C10H20N2OS.ClH/c1-4-9(14-3)10(13)12-6-5-11-8(2)7-12;/h8-9,11H,4-7H2,1-3H3;1H/t8-,9?;/m1./s1. The topological polar surface area (TPSA) is 32.3 Å². The maximum atomic E-state index is 12.0. The van der Waals surface area contributed by atoms with Gasteiger partial charge in [0, 0.05) is 25.7 Å². The van der Waals surface area contributed by atoms with Crippen LogP contribution in [0.15, 0.2) is 0 Å². The fourth-order valence-electron chi connectivity index (χ4n) is 1.78. The SMILES string of the molecule is CCC(SC)C(=O)N1CCN[C@H](C)C1.Cl. The van der Waals surface area contributed by atoms with Gasteiger partial charge in [0.1, 0.15) is 0 Å². The van der Waals surface area contributed by atoms with E-state index in [1.54, 1.807) is 11.8 Å². The van der Waals surface area contributed by atoms with E-state index >= 15 is 0 Å². The number of piperazine rings is 1. The maximum absolute atomic E-state index is 12.0. The van der Waals surface area contributed by atoms with Crippen molar-refractivity contribution in [3.8, 4) is 0 Å². The molecule has 1 aliphatic heterocycles. The average Bonchev–Trinajstić information content (AvgIpc) is 2.19. The smallest absolute Gasteiger partial charge is 0.235 e. The molecule has 0 saturated carbocycles. The molecule has 1 amide bonds. The number of hydrogen-bond donors (Lipinski definition) is 1. The van der Waals surface area contributed by atoms with Crippen molar-refractivity contribution < 1.29 is 4.79 Å². The number of carbonyl (C=O) groups is 1. The van der Waals surface area contributed by atoms with Gasteiger partial charge in [0.2, 0.25) is 5.91 Å². The second-order valence-corrected chi connectivity index (χ2v) is 4.81. The number of halogens is 1. The molecule has 90 valence electrons. The van der Waals surface area contributed by atoms with Gasteiger partial charge in [-0.3, -0.25) is 4.79 Å². The molecule has 1 aliphatic rings. The molecule has 0 radical (unpaired) electrons. The molecule has 0 aliphatic carbocycles. The van der Waals surface area contributed by atoms with Crippen LogP contribution in [0.2, 0.25) is 0 Å². The van der Waals surface area contributed by atoms with Gasteiger partial charge >= 0.3 is 0 Å². The summed E-state index contributed by atoms with van der Waals surface area (Å²) in [5.74, 6) is 0.313. The molecule has 0 aromatic rings. The predicted molar refractivity (Wildman–Crippen MR) is 68.9 cm³/mol. The second kappa shape index (κ2) is 7.36. The zero-order chi connectivity index (χ0) is 10.6. The van der Waals surface area contributed by atoms with E-state index in [4.69, 9.17) is 0 Å². The molecule has 0 aromatic carbocycles. The van der Waals surface area contributed by atoms with Crippen molar-refractivity contribution in [1.82, 2.24) is 10.2 Å². The average molecular weight is 253 g/mol. The molecule has 0 aromatic heterocycles. The van der Waals surface area contributed by atoms with Gasteiger partial charge in [0.15, 0.2) is 0 Å². The first-order valence-electron chi connectivity index (χ1n) is 5.24. The largest absolute Gasteiger partial charge is 0.339 e. The van der Waals surface area contributed by atoms with Crippen LogP contribution >= 0.6 is 24.2 Å². The highest BCUT2D eigenvalue weighted by molar-refractivity contribution is 7.99. The van der Waals surface area contributed by atoms with E-state index in [0.717, 1.165) is 26.1 Å². The Balaban J connectivity index is 0.00000196. The molecule has 1 heterocycles. The van der Waals surface area contributed by atoms with E-state index < -0.39 is 0 Å². The van der Waals surface area contributed by atoms with Crippen LogP contribution in [-0.4, -0.2) is 48.0 Å². The Hall–Kier alpha value is 0.0700. The summed E-state index contributed by atoms with van der Waals surface area (Å²) in [4.78, 5) is 14.0. The Kier molecular flexibility index (Phi) is 7.40. The fourth-order valence-corrected chi connectivity index (χ4v) is 2.46. The van der Waals surface area contributed by atoms with E-state index in [0.29, 0.717) is 11.9 Å². The number of thioether (sulfide) groups is 1. The zero-order valence-electron chi connectivity index (χ0n) is 9.66. The van der Waals surface area contributed by atoms with Crippen LogP contribution < -0.4 is 5.32 Å². The number of amides is 1. The summed E-state index contributed by atoms with van der Waals surface area (Å²) < 4.78 is 0. The van der Waals surface area contributed by atoms with Gasteiger partial charge < -0.3 is 10.2 Å². The lowest BCUT2D eigenvalue weighted by molar-refractivity contribution is -0.131. The first-order valence-corrected chi connectivity index (χ1v) is 6.52. The van der Waals surface area contributed by atoms with Crippen molar-refractivity contribution in [1.29, 1.82) is 0 Å². The number of rotatable bonds is 3. The van der Waals surface area contributed by atoms with Crippen LogP contribution in [0.4, 0.5) is 0 Å². The highest BCUT2D eigenvalue weighted by atomic mass is 35.5. The molecule has 0 spiro atoms. The number of carbonyl (C=O) groups excluding carboxylic acids is 1. The molecule has 15 heavy (non-hydrogen) atoms. The third kappa shape index (κ3) is 4.21. The Morgan fingerprint density at radius 1 is 1.67 bits per heavy atom. The minimum absolute atomic E-state index is 0. The molecule has 3 nitrogen and oxygen atoms in total. The van der Waals surface area contributed by atoms with Crippen molar-refractivity contribution >= 4 is 30.1 Å². The highest BCUT2D eigenvalue weighted by Gasteiger charge is 2.25. The molecule has 1 N–H and O–H groups in total. The minimum atomic E-state index is 0. The summed E-state index contributed by atoms with van der Waals surface area (Å²) >= 11 is 1.66. The monoisotopic (exact) mass is 252 g/mol. The van der Waals surface area contributed by atoms with Crippen LogP contribution in [0.25, 0.3) is 0 Å². The molecule has 1 unspecified atom stereocenters. The molecule has 1 saturated heterocycles. The third-order valence-electron chi connectivity index (χ3n) is 2.61. The summed E-state index contributed by atoms with van der Waals surface area (Å²) in [6, 6.07) is 0.437. The van der Waals surface area contributed by atoms with Crippen molar-refractivity contribution in [2.45, 2.75) is 31.6 Å². The second-order valence-electron chi connectivity index (χ2n) is 3.77. The molecule has 5 heteroatoms. The summed E-state index contributed by atoms with van der Waals surface area (Å²) in [6.07, 6.45) is 2.94. The van der Waals surface area contributed by atoms with Gasteiger partial charge in [-0.05, 0) is 19.6 Å². The number of nitrogens with one attached hydrogen (secondary N) is 1. The summed E-state index contributed by atoms with van der Waals surface area (Å²) in [7, 11) is 0. The van der Waals surface area contributed by atoms with Gasteiger partial charge in [-0.15, -0.1) is 12.4 Å². The van der Waals surface area contributed by atoms with E-state index in [2.05, 4.69) is 19.2 Å². The lowest BCUT2D eigenvalue weighted by atomic mass is 10.2. The molecule has 0 bridgehead atoms. The van der Waals surface area contributed by atoms with Crippen molar-refractivity contribution in [3.63, 3.8) is 0 Å². The molecule has 1 fully saturated rings. The van der Waals surface area contributed by atoms with E-state index in [1.165, 1.54) is 0 Å². The van der Waals surface area contributed by atoms with Crippen LogP contribution in [0.5, 0.6) is 0 Å². The molecular formula is C10H21ClN2OS. The Bertz CT molecular complexity index is 200. The van der Waals surface area contributed by atoms with Crippen molar-refractivity contribution in [2.75, 3.05) is 25.9 Å². The Morgan fingerprint density at radius 2 is 2.33 bits per heavy atom. The number of hydrogen-bond acceptors (Lipinski definition) is 3. The first-order chi connectivity index (χ1) is 6.69. The predicted octanol–water partition coefficient (Wildman–Crippen LogP) is 1.37. The third-order valence-corrected chi connectivity index (χ3v) is 3.72. The molecular weight excluding hydrogens is 232 g/mol. The van der Waals surface area contributed by atoms with Crippen LogP contribution in [0.3, 0.4) is 0 Å². The highest BCUT2D eigenvalue weighted by Crippen LogP contribution is 2.15. The Morgan fingerprint density at radius 3 is 2.80 bits per heavy atom. The van der Waals surface area contributed by atoms with Gasteiger partial charge in [-0.25, -0.2) is 0 Å².